The molecule has 3 heterocycles. The molecule has 5 rings (SSSR count). The molecule has 174 valence electrons. The molecular weight excluding hydrogens is 418 g/mol. The predicted molar refractivity (Wildman–Crippen MR) is 125 cm³/mol. The van der Waals surface area contributed by atoms with Gasteiger partial charge in [-0.15, -0.1) is 5.10 Å². The Hall–Kier alpha value is -3.39. The van der Waals surface area contributed by atoms with Crippen molar-refractivity contribution in [3.05, 3.63) is 71.0 Å². The Balaban J connectivity index is 1.51. The van der Waals surface area contributed by atoms with Crippen molar-refractivity contribution in [2.24, 2.45) is 0 Å². The molecule has 2 aromatic carbocycles. The third-order valence-corrected chi connectivity index (χ3v) is 5.74. The van der Waals surface area contributed by atoms with Gasteiger partial charge in [0.25, 0.3) is 5.91 Å². The highest BCUT2D eigenvalue weighted by atomic mass is 16.5. The van der Waals surface area contributed by atoms with Crippen molar-refractivity contribution < 1.29 is 14.3 Å². The number of carbonyl (C=O) groups excluding carboxylic acids is 1. The molecule has 0 saturated carbocycles. The maximum atomic E-state index is 13.0. The highest BCUT2D eigenvalue weighted by molar-refractivity contribution is 5.94. The summed E-state index contributed by atoms with van der Waals surface area (Å²) in [5, 5.41) is 8.37. The zero-order chi connectivity index (χ0) is 23.2. The van der Waals surface area contributed by atoms with E-state index in [0.717, 1.165) is 42.3 Å². The standard InChI is InChI=1S/C25H31N5O3/c1-19-5-8-21-15-24(19)32-14-4-11-30-17-22(26-27-30)18-33-23-9-6-20(7-10-23)16-28(2)12-13-29(3)25(21)31/h5-10,15,17H,4,11-14,16,18H2,1-3H3. The summed E-state index contributed by atoms with van der Waals surface area (Å²) in [5.41, 5.74) is 3.62. The largest absolute Gasteiger partial charge is 0.493 e. The highest BCUT2D eigenvalue weighted by Gasteiger charge is 2.15. The van der Waals surface area contributed by atoms with Crippen LogP contribution in [0.3, 0.4) is 0 Å². The molecule has 8 nitrogen and oxygen atoms in total. The van der Waals surface area contributed by atoms with Crippen molar-refractivity contribution in [3.8, 4) is 11.5 Å². The maximum absolute atomic E-state index is 13.0. The fourth-order valence-electron chi connectivity index (χ4n) is 3.69. The molecule has 0 unspecified atom stereocenters. The van der Waals surface area contributed by atoms with Gasteiger partial charge >= 0.3 is 0 Å². The molecule has 1 amide bonds. The lowest BCUT2D eigenvalue weighted by Gasteiger charge is -2.23. The number of ether oxygens (including phenoxy) is 2. The van der Waals surface area contributed by atoms with E-state index in [9.17, 15) is 4.79 Å². The number of rotatable bonds is 0. The van der Waals surface area contributed by atoms with Gasteiger partial charge in [0.15, 0.2) is 0 Å². The molecule has 2 aliphatic rings. The molecule has 2 aliphatic heterocycles. The van der Waals surface area contributed by atoms with Crippen molar-refractivity contribution in [2.45, 2.75) is 33.0 Å². The smallest absolute Gasteiger partial charge is 0.253 e. The van der Waals surface area contributed by atoms with Crippen LogP contribution in [0.1, 0.15) is 33.6 Å². The molecule has 0 aliphatic carbocycles. The van der Waals surface area contributed by atoms with Gasteiger partial charge in [-0.05, 0) is 49.4 Å². The second-order valence-corrected chi connectivity index (χ2v) is 8.55. The van der Waals surface area contributed by atoms with E-state index < -0.39 is 0 Å². The number of hydrogen-bond acceptors (Lipinski definition) is 6. The second kappa shape index (κ2) is 10.5. The van der Waals surface area contributed by atoms with Crippen LogP contribution in [0.15, 0.2) is 48.7 Å². The lowest BCUT2D eigenvalue weighted by molar-refractivity contribution is 0.0781. The molecule has 33 heavy (non-hydrogen) atoms. The van der Waals surface area contributed by atoms with Crippen molar-refractivity contribution in [1.29, 1.82) is 0 Å². The van der Waals surface area contributed by atoms with Crippen LogP contribution < -0.4 is 9.47 Å². The molecule has 6 bridgehead atoms. The normalized spacial score (nSPS) is 16.5. The number of hydrogen-bond donors (Lipinski definition) is 0. The quantitative estimate of drug-likeness (QED) is 0.525. The number of carbonyl (C=O) groups is 1. The van der Waals surface area contributed by atoms with E-state index in [1.807, 2.05) is 50.5 Å². The average Bonchev–Trinajstić information content (AvgIpc) is 3.27. The van der Waals surface area contributed by atoms with Crippen LogP contribution in [-0.2, 0) is 19.7 Å². The summed E-state index contributed by atoms with van der Waals surface area (Å²) >= 11 is 0. The number of aromatic nitrogens is 3. The Labute approximate surface area is 194 Å². The first-order chi connectivity index (χ1) is 16.0. The first-order valence-electron chi connectivity index (χ1n) is 11.3. The zero-order valence-electron chi connectivity index (χ0n) is 19.5. The molecule has 0 saturated heterocycles. The van der Waals surface area contributed by atoms with Gasteiger partial charge in [0, 0.05) is 45.2 Å². The van der Waals surface area contributed by atoms with Crippen molar-refractivity contribution in [3.63, 3.8) is 0 Å². The van der Waals surface area contributed by atoms with Gasteiger partial charge in [0.05, 0.1) is 12.8 Å². The van der Waals surface area contributed by atoms with Crippen LogP contribution in [0.5, 0.6) is 11.5 Å². The summed E-state index contributed by atoms with van der Waals surface area (Å²) in [4.78, 5) is 16.9. The number of amides is 1. The Kier molecular flexibility index (Phi) is 7.24. The van der Waals surface area contributed by atoms with Crippen LogP contribution >= 0.6 is 0 Å². The summed E-state index contributed by atoms with van der Waals surface area (Å²) in [7, 11) is 3.90. The number of benzene rings is 2. The third-order valence-electron chi connectivity index (χ3n) is 5.74. The van der Waals surface area contributed by atoms with Crippen LogP contribution in [0, 0.1) is 6.92 Å². The summed E-state index contributed by atoms with van der Waals surface area (Å²) in [5.74, 6) is 1.53. The van der Waals surface area contributed by atoms with Gasteiger partial charge in [0.1, 0.15) is 23.8 Å². The van der Waals surface area contributed by atoms with Gasteiger partial charge < -0.3 is 19.3 Å². The number of nitrogens with zero attached hydrogens (tertiary/aromatic N) is 5. The number of aryl methyl sites for hydroxylation is 2. The molecule has 0 radical (unpaired) electrons. The van der Waals surface area contributed by atoms with E-state index >= 15 is 0 Å². The Morgan fingerprint density at radius 3 is 2.61 bits per heavy atom. The Morgan fingerprint density at radius 1 is 0.970 bits per heavy atom. The lowest BCUT2D eigenvalue weighted by atomic mass is 10.1. The van der Waals surface area contributed by atoms with E-state index in [1.165, 1.54) is 5.56 Å². The second-order valence-electron chi connectivity index (χ2n) is 8.55. The zero-order valence-corrected chi connectivity index (χ0v) is 19.5. The molecule has 0 N–H and O–H groups in total. The number of fused-ring (bicyclic) bond motifs is 11. The first-order valence-corrected chi connectivity index (χ1v) is 11.3. The fourth-order valence-corrected chi connectivity index (χ4v) is 3.69. The van der Waals surface area contributed by atoms with Crippen molar-refractivity contribution in [2.75, 3.05) is 33.8 Å². The Morgan fingerprint density at radius 2 is 1.79 bits per heavy atom. The van der Waals surface area contributed by atoms with E-state index in [-0.39, 0.29) is 5.91 Å². The van der Waals surface area contributed by atoms with E-state index in [2.05, 4.69) is 34.4 Å². The van der Waals surface area contributed by atoms with Gasteiger partial charge in [-0.1, -0.05) is 23.4 Å². The minimum Gasteiger partial charge on any atom is -0.493 e. The molecule has 8 heteroatoms. The van der Waals surface area contributed by atoms with E-state index in [4.69, 9.17) is 9.47 Å². The summed E-state index contributed by atoms with van der Waals surface area (Å²) in [6, 6.07) is 13.7. The molecule has 0 atom stereocenters. The minimum atomic E-state index is -0.00737. The SMILES string of the molecule is Cc1ccc2cc1OCCCn1cc(nn1)COc1ccc(cc1)CN(C)CCN(C)C2=O. The van der Waals surface area contributed by atoms with Crippen molar-refractivity contribution >= 4 is 5.91 Å². The van der Waals surface area contributed by atoms with Crippen LogP contribution in [0.25, 0.3) is 0 Å². The summed E-state index contributed by atoms with van der Waals surface area (Å²) in [6.45, 7) is 5.78. The lowest BCUT2D eigenvalue weighted by Crippen LogP contribution is -2.34. The molecular formula is C25H31N5O3. The average molecular weight is 450 g/mol. The van der Waals surface area contributed by atoms with Gasteiger partial charge in [-0.2, -0.15) is 0 Å². The van der Waals surface area contributed by atoms with Crippen LogP contribution in [-0.4, -0.2) is 64.5 Å². The summed E-state index contributed by atoms with van der Waals surface area (Å²) < 4.78 is 13.6. The monoisotopic (exact) mass is 449 g/mol. The topological polar surface area (TPSA) is 72.7 Å². The number of likely N-dealkylation sites (N-methyl/N-ethyl adjacent to an activating group) is 2. The van der Waals surface area contributed by atoms with Crippen LogP contribution in [0.2, 0.25) is 0 Å². The van der Waals surface area contributed by atoms with Gasteiger partial charge in [-0.25, -0.2) is 0 Å². The molecule has 3 aromatic rings. The predicted octanol–water partition coefficient (Wildman–Crippen LogP) is 3.15. The van der Waals surface area contributed by atoms with E-state index in [1.54, 1.807) is 9.58 Å². The maximum Gasteiger partial charge on any atom is 0.253 e. The Bertz CT molecular complexity index is 1080. The van der Waals surface area contributed by atoms with Crippen LogP contribution in [0.4, 0.5) is 0 Å². The van der Waals surface area contributed by atoms with Gasteiger partial charge in [-0.3, -0.25) is 9.48 Å². The first kappa shape index (κ1) is 22.8. The molecule has 0 spiro atoms. The minimum absolute atomic E-state index is 0.00737. The van der Waals surface area contributed by atoms with Gasteiger partial charge in [0.2, 0.25) is 0 Å². The fraction of sp³-hybridized carbons (Fsp3) is 0.400. The molecule has 1 aromatic heterocycles. The van der Waals surface area contributed by atoms with Crippen molar-refractivity contribution in [1.82, 2.24) is 24.8 Å². The molecule has 0 fully saturated rings. The third kappa shape index (κ3) is 6.10. The summed E-state index contributed by atoms with van der Waals surface area (Å²) in [6.07, 6.45) is 2.67. The van der Waals surface area contributed by atoms with E-state index in [0.29, 0.717) is 31.9 Å². The highest BCUT2D eigenvalue weighted by Crippen LogP contribution is 2.21.